The molecule has 0 aromatic heterocycles. The predicted molar refractivity (Wildman–Crippen MR) is 51.8 cm³/mol. The molecular formula is C11H13FO2. The van der Waals surface area contributed by atoms with Crippen LogP contribution in [-0.4, -0.2) is 11.1 Å². The van der Waals surface area contributed by atoms with E-state index in [4.69, 9.17) is 5.11 Å². The molecule has 0 fully saturated rings. The fourth-order valence-electron chi connectivity index (χ4n) is 1.35. The Hall–Kier alpha value is -1.38. The van der Waals surface area contributed by atoms with Crippen molar-refractivity contribution in [2.45, 2.75) is 26.2 Å². The molecule has 0 aliphatic rings. The third kappa shape index (κ3) is 2.55. The van der Waals surface area contributed by atoms with Crippen LogP contribution in [0.25, 0.3) is 0 Å². The van der Waals surface area contributed by atoms with Gasteiger partial charge in [0.1, 0.15) is 5.82 Å². The summed E-state index contributed by atoms with van der Waals surface area (Å²) in [6.07, 6.45) is 0.0745. The average molecular weight is 196 g/mol. The molecule has 0 unspecified atom stereocenters. The smallest absolute Gasteiger partial charge is 0.303 e. The standard InChI is InChI=1S/C11H13FO2/c1-7(6-11(13)14)9-3-4-10(12)8(2)5-9/h3-5,7H,6H2,1-2H3,(H,13,14)/t7-/m1/s1. The molecule has 1 aromatic carbocycles. The van der Waals surface area contributed by atoms with Crippen molar-refractivity contribution in [1.82, 2.24) is 0 Å². The molecule has 1 atom stereocenters. The van der Waals surface area contributed by atoms with Gasteiger partial charge in [-0.05, 0) is 30.0 Å². The maximum absolute atomic E-state index is 12.9. The number of carboxylic acid groups (broad SMARTS) is 1. The Bertz CT molecular complexity index is 347. The highest BCUT2D eigenvalue weighted by Crippen LogP contribution is 2.21. The topological polar surface area (TPSA) is 37.3 Å². The summed E-state index contributed by atoms with van der Waals surface area (Å²) in [7, 11) is 0. The van der Waals surface area contributed by atoms with Gasteiger partial charge >= 0.3 is 5.97 Å². The lowest BCUT2D eigenvalue weighted by Crippen LogP contribution is -2.03. The highest BCUT2D eigenvalue weighted by Gasteiger charge is 2.10. The Morgan fingerprint density at radius 3 is 2.71 bits per heavy atom. The second-order valence-corrected chi connectivity index (χ2v) is 3.51. The van der Waals surface area contributed by atoms with E-state index in [0.717, 1.165) is 5.56 Å². The molecule has 1 aromatic rings. The number of aliphatic carboxylic acids is 1. The Morgan fingerprint density at radius 1 is 1.57 bits per heavy atom. The van der Waals surface area contributed by atoms with E-state index in [2.05, 4.69) is 0 Å². The average Bonchev–Trinajstić information content (AvgIpc) is 2.08. The van der Waals surface area contributed by atoms with E-state index < -0.39 is 5.97 Å². The lowest BCUT2D eigenvalue weighted by atomic mass is 9.96. The second kappa shape index (κ2) is 4.22. The third-order valence-corrected chi connectivity index (χ3v) is 2.23. The van der Waals surface area contributed by atoms with E-state index in [0.29, 0.717) is 5.56 Å². The van der Waals surface area contributed by atoms with Crippen LogP contribution in [-0.2, 0) is 4.79 Å². The first-order valence-electron chi connectivity index (χ1n) is 4.48. The highest BCUT2D eigenvalue weighted by atomic mass is 19.1. The molecule has 1 N–H and O–H groups in total. The van der Waals surface area contributed by atoms with Crippen LogP contribution in [0.3, 0.4) is 0 Å². The van der Waals surface area contributed by atoms with Crippen molar-refractivity contribution >= 4 is 5.97 Å². The van der Waals surface area contributed by atoms with Crippen molar-refractivity contribution in [2.24, 2.45) is 0 Å². The van der Waals surface area contributed by atoms with Gasteiger partial charge in [0.25, 0.3) is 0 Å². The van der Waals surface area contributed by atoms with E-state index in [1.807, 2.05) is 6.92 Å². The minimum absolute atomic E-state index is 0.0745. The van der Waals surface area contributed by atoms with E-state index in [1.165, 1.54) is 6.07 Å². The summed E-state index contributed by atoms with van der Waals surface area (Å²) in [5, 5.41) is 8.60. The molecule has 0 saturated heterocycles. The van der Waals surface area contributed by atoms with Gasteiger partial charge in [-0.2, -0.15) is 0 Å². The SMILES string of the molecule is Cc1cc([C@H](C)CC(=O)O)ccc1F. The van der Waals surface area contributed by atoms with E-state index in [-0.39, 0.29) is 18.2 Å². The second-order valence-electron chi connectivity index (χ2n) is 3.51. The summed E-state index contributed by atoms with van der Waals surface area (Å²) in [4.78, 5) is 10.5. The summed E-state index contributed by atoms with van der Waals surface area (Å²) < 4.78 is 12.9. The van der Waals surface area contributed by atoms with Gasteiger partial charge in [-0.1, -0.05) is 19.1 Å². The van der Waals surface area contributed by atoms with Crippen LogP contribution < -0.4 is 0 Å². The number of halogens is 1. The lowest BCUT2D eigenvalue weighted by molar-refractivity contribution is -0.137. The fraction of sp³-hybridized carbons (Fsp3) is 0.364. The van der Waals surface area contributed by atoms with Crippen molar-refractivity contribution in [3.05, 3.63) is 35.1 Å². The molecule has 0 spiro atoms. The fourth-order valence-corrected chi connectivity index (χ4v) is 1.35. The van der Waals surface area contributed by atoms with Crippen molar-refractivity contribution in [1.29, 1.82) is 0 Å². The Kier molecular flexibility index (Phi) is 3.23. The molecule has 0 heterocycles. The van der Waals surface area contributed by atoms with Crippen LogP contribution in [0, 0.1) is 12.7 Å². The third-order valence-electron chi connectivity index (χ3n) is 2.23. The zero-order valence-corrected chi connectivity index (χ0v) is 8.25. The maximum Gasteiger partial charge on any atom is 0.303 e. The number of benzene rings is 1. The summed E-state index contributed by atoms with van der Waals surface area (Å²) in [6, 6.07) is 4.71. The number of rotatable bonds is 3. The summed E-state index contributed by atoms with van der Waals surface area (Å²) in [5.41, 5.74) is 1.42. The zero-order chi connectivity index (χ0) is 10.7. The van der Waals surface area contributed by atoms with Gasteiger partial charge in [-0.25, -0.2) is 4.39 Å². The van der Waals surface area contributed by atoms with E-state index in [9.17, 15) is 9.18 Å². The number of carbonyl (C=O) groups is 1. The zero-order valence-electron chi connectivity index (χ0n) is 8.25. The minimum atomic E-state index is -0.834. The van der Waals surface area contributed by atoms with Crippen molar-refractivity contribution in [3.63, 3.8) is 0 Å². The molecule has 76 valence electrons. The first-order chi connectivity index (χ1) is 6.50. The highest BCUT2D eigenvalue weighted by molar-refractivity contribution is 5.67. The Labute approximate surface area is 82.4 Å². The number of carboxylic acids is 1. The van der Waals surface area contributed by atoms with Gasteiger partial charge < -0.3 is 5.11 Å². The summed E-state index contributed by atoms with van der Waals surface area (Å²) in [5.74, 6) is -1.16. The van der Waals surface area contributed by atoms with Gasteiger partial charge in [0.05, 0.1) is 6.42 Å². The van der Waals surface area contributed by atoms with Crippen LogP contribution in [0.1, 0.15) is 30.4 Å². The van der Waals surface area contributed by atoms with Crippen LogP contribution in [0.2, 0.25) is 0 Å². The maximum atomic E-state index is 12.9. The normalized spacial score (nSPS) is 12.5. The summed E-state index contributed by atoms with van der Waals surface area (Å²) >= 11 is 0. The van der Waals surface area contributed by atoms with Crippen molar-refractivity contribution < 1.29 is 14.3 Å². The van der Waals surface area contributed by atoms with Gasteiger partial charge in [0.15, 0.2) is 0 Å². The largest absolute Gasteiger partial charge is 0.481 e. The minimum Gasteiger partial charge on any atom is -0.481 e. The molecule has 0 saturated carbocycles. The molecule has 2 nitrogen and oxygen atoms in total. The molecule has 0 radical (unpaired) electrons. The van der Waals surface area contributed by atoms with Gasteiger partial charge in [-0.3, -0.25) is 4.79 Å². The quantitative estimate of drug-likeness (QED) is 0.807. The molecule has 0 bridgehead atoms. The van der Waals surface area contributed by atoms with Gasteiger partial charge in [0.2, 0.25) is 0 Å². The number of hydrogen-bond donors (Lipinski definition) is 1. The van der Waals surface area contributed by atoms with Crippen LogP contribution in [0.5, 0.6) is 0 Å². The van der Waals surface area contributed by atoms with Gasteiger partial charge in [-0.15, -0.1) is 0 Å². The molecule has 0 aliphatic heterocycles. The van der Waals surface area contributed by atoms with Crippen molar-refractivity contribution in [3.8, 4) is 0 Å². The first-order valence-corrected chi connectivity index (χ1v) is 4.48. The van der Waals surface area contributed by atoms with Crippen LogP contribution in [0.15, 0.2) is 18.2 Å². The van der Waals surface area contributed by atoms with Crippen LogP contribution in [0.4, 0.5) is 4.39 Å². The molecule has 14 heavy (non-hydrogen) atoms. The van der Waals surface area contributed by atoms with E-state index >= 15 is 0 Å². The lowest BCUT2D eigenvalue weighted by Gasteiger charge is -2.09. The molecule has 0 amide bonds. The van der Waals surface area contributed by atoms with E-state index in [1.54, 1.807) is 19.1 Å². The molecule has 0 aliphatic carbocycles. The van der Waals surface area contributed by atoms with Crippen LogP contribution >= 0.6 is 0 Å². The molecule has 1 rings (SSSR count). The number of aryl methyl sites for hydroxylation is 1. The van der Waals surface area contributed by atoms with Crippen molar-refractivity contribution in [2.75, 3.05) is 0 Å². The summed E-state index contributed by atoms with van der Waals surface area (Å²) in [6.45, 7) is 3.49. The molecule has 3 heteroatoms. The number of hydrogen-bond acceptors (Lipinski definition) is 1. The Morgan fingerprint density at radius 2 is 2.21 bits per heavy atom. The Balaban J connectivity index is 2.85. The predicted octanol–water partition coefficient (Wildman–Crippen LogP) is 2.71. The molecular weight excluding hydrogens is 183 g/mol. The first kappa shape index (κ1) is 10.7. The van der Waals surface area contributed by atoms with Gasteiger partial charge in [0, 0.05) is 0 Å². The monoisotopic (exact) mass is 196 g/mol.